The molecule has 17 heavy (non-hydrogen) atoms. The smallest absolute Gasteiger partial charge is 0.314 e. The van der Waals surface area contributed by atoms with Crippen molar-refractivity contribution in [3.8, 4) is 0 Å². The second-order valence-electron chi connectivity index (χ2n) is 5.00. The molecular weight excluding hydrogens is 216 g/mol. The van der Waals surface area contributed by atoms with Crippen molar-refractivity contribution < 1.29 is 14.3 Å². The zero-order valence-corrected chi connectivity index (χ0v) is 11.5. The van der Waals surface area contributed by atoms with Crippen LogP contribution in [-0.2, 0) is 14.3 Å². The molecule has 100 valence electrons. The van der Waals surface area contributed by atoms with Crippen LogP contribution in [0.1, 0.15) is 52.4 Å². The van der Waals surface area contributed by atoms with Crippen LogP contribution in [0.15, 0.2) is 0 Å². The number of carbonyl (C=O) groups is 1. The monoisotopic (exact) mass is 242 g/mol. The zero-order chi connectivity index (χ0) is 12.7. The van der Waals surface area contributed by atoms with Crippen LogP contribution in [0.5, 0.6) is 0 Å². The molecular formula is C14H26O3. The highest BCUT2D eigenvalue weighted by Crippen LogP contribution is 2.42. The Morgan fingerprint density at radius 2 is 1.88 bits per heavy atom. The molecule has 0 aromatic heterocycles. The van der Waals surface area contributed by atoms with E-state index in [0.717, 1.165) is 19.3 Å². The predicted octanol–water partition coefficient (Wildman–Crippen LogP) is 3.17. The molecule has 0 amide bonds. The number of hydrogen-bond donors (Lipinski definition) is 0. The summed E-state index contributed by atoms with van der Waals surface area (Å²) in [5.41, 5.74) is -0.412. The van der Waals surface area contributed by atoms with Crippen molar-refractivity contribution in [1.29, 1.82) is 0 Å². The van der Waals surface area contributed by atoms with Crippen molar-refractivity contribution in [1.82, 2.24) is 0 Å². The Hall–Kier alpha value is -0.570. The molecule has 0 aromatic carbocycles. The Kier molecular flexibility index (Phi) is 5.96. The molecule has 0 aliphatic heterocycles. The van der Waals surface area contributed by atoms with Gasteiger partial charge in [0.2, 0.25) is 0 Å². The maximum atomic E-state index is 12.3. The number of ether oxygens (including phenoxy) is 2. The Morgan fingerprint density at radius 3 is 2.35 bits per heavy atom. The van der Waals surface area contributed by atoms with Gasteiger partial charge in [0.05, 0.1) is 18.6 Å². The van der Waals surface area contributed by atoms with Gasteiger partial charge in [0.1, 0.15) is 0 Å². The zero-order valence-electron chi connectivity index (χ0n) is 11.5. The minimum Gasteiger partial charge on any atom is -0.465 e. The number of carbonyl (C=O) groups excluding carboxylic acids is 1. The topological polar surface area (TPSA) is 35.5 Å². The lowest BCUT2D eigenvalue weighted by molar-refractivity contribution is -0.165. The van der Waals surface area contributed by atoms with Crippen molar-refractivity contribution in [3.05, 3.63) is 0 Å². The summed E-state index contributed by atoms with van der Waals surface area (Å²) >= 11 is 0. The minimum atomic E-state index is -0.412. The quantitative estimate of drug-likeness (QED) is 0.671. The van der Waals surface area contributed by atoms with E-state index >= 15 is 0 Å². The summed E-state index contributed by atoms with van der Waals surface area (Å²) in [5, 5.41) is 0. The molecule has 1 fully saturated rings. The summed E-state index contributed by atoms with van der Waals surface area (Å²) in [7, 11) is 1.67. The Balaban J connectivity index is 2.84. The lowest BCUT2D eigenvalue weighted by Crippen LogP contribution is -2.44. The van der Waals surface area contributed by atoms with Crippen LogP contribution >= 0.6 is 0 Å². The van der Waals surface area contributed by atoms with Gasteiger partial charge in [-0.15, -0.1) is 0 Å². The summed E-state index contributed by atoms with van der Waals surface area (Å²) in [6, 6.07) is 0. The summed E-state index contributed by atoms with van der Waals surface area (Å²) in [6.07, 6.45) is 6.84. The van der Waals surface area contributed by atoms with Gasteiger partial charge in [-0.1, -0.05) is 26.2 Å². The molecule has 0 heterocycles. The molecule has 0 N–H and O–H groups in total. The van der Waals surface area contributed by atoms with Crippen molar-refractivity contribution in [2.45, 2.75) is 52.4 Å². The molecule has 3 nitrogen and oxygen atoms in total. The molecule has 0 spiro atoms. The summed E-state index contributed by atoms with van der Waals surface area (Å²) in [5.74, 6) is 0.372. The van der Waals surface area contributed by atoms with Gasteiger partial charge in [-0.25, -0.2) is 0 Å². The highest BCUT2D eigenvalue weighted by Gasteiger charge is 2.45. The number of methoxy groups -OCH3 is 1. The fourth-order valence-corrected chi connectivity index (χ4v) is 3.07. The predicted molar refractivity (Wildman–Crippen MR) is 67.8 cm³/mol. The van der Waals surface area contributed by atoms with E-state index in [9.17, 15) is 4.79 Å². The molecule has 0 bridgehead atoms. The lowest BCUT2D eigenvalue weighted by Gasteiger charge is -2.39. The van der Waals surface area contributed by atoms with Crippen LogP contribution in [0, 0.1) is 11.3 Å². The first-order valence-electron chi connectivity index (χ1n) is 6.87. The normalized spacial score (nSPS) is 20.9. The van der Waals surface area contributed by atoms with Gasteiger partial charge in [0, 0.05) is 7.11 Å². The first-order valence-corrected chi connectivity index (χ1v) is 6.87. The van der Waals surface area contributed by atoms with E-state index in [1.54, 1.807) is 7.11 Å². The third-order valence-corrected chi connectivity index (χ3v) is 4.10. The largest absolute Gasteiger partial charge is 0.465 e. The van der Waals surface area contributed by atoms with Gasteiger partial charge in [-0.2, -0.15) is 0 Å². The first kappa shape index (κ1) is 14.5. The summed E-state index contributed by atoms with van der Waals surface area (Å²) in [4.78, 5) is 12.3. The number of esters is 1. The van der Waals surface area contributed by atoms with Crippen molar-refractivity contribution in [3.63, 3.8) is 0 Å². The highest BCUT2D eigenvalue weighted by molar-refractivity contribution is 5.77. The van der Waals surface area contributed by atoms with Gasteiger partial charge < -0.3 is 9.47 Å². The van der Waals surface area contributed by atoms with Gasteiger partial charge in [0.25, 0.3) is 0 Å². The van der Waals surface area contributed by atoms with E-state index < -0.39 is 5.41 Å². The number of rotatable bonds is 6. The maximum absolute atomic E-state index is 12.3. The van der Waals surface area contributed by atoms with E-state index in [-0.39, 0.29) is 5.97 Å². The molecule has 0 radical (unpaired) electrons. The molecule has 3 heteroatoms. The van der Waals surface area contributed by atoms with Gasteiger partial charge >= 0.3 is 5.97 Å². The lowest BCUT2D eigenvalue weighted by atomic mass is 9.67. The molecule has 1 saturated carbocycles. The second-order valence-corrected chi connectivity index (χ2v) is 5.00. The van der Waals surface area contributed by atoms with Crippen LogP contribution < -0.4 is 0 Å². The van der Waals surface area contributed by atoms with E-state index in [1.165, 1.54) is 19.3 Å². The van der Waals surface area contributed by atoms with Crippen LogP contribution in [0.2, 0.25) is 0 Å². The molecule has 0 saturated heterocycles. The van der Waals surface area contributed by atoms with Crippen LogP contribution in [0.25, 0.3) is 0 Å². The standard InChI is InChI=1S/C14H26O3/c1-4-14(11-16-3,13(15)17-5-2)12-9-7-6-8-10-12/h12H,4-11H2,1-3H3. The van der Waals surface area contributed by atoms with Crippen molar-refractivity contribution in [2.75, 3.05) is 20.3 Å². The average molecular weight is 242 g/mol. The molecule has 1 rings (SSSR count). The van der Waals surface area contributed by atoms with Crippen LogP contribution in [-0.4, -0.2) is 26.3 Å². The Labute approximate surface area is 105 Å². The van der Waals surface area contributed by atoms with E-state index in [0.29, 0.717) is 19.1 Å². The van der Waals surface area contributed by atoms with Crippen molar-refractivity contribution in [2.24, 2.45) is 11.3 Å². The molecule has 0 aromatic rings. The molecule has 1 aliphatic rings. The first-order chi connectivity index (χ1) is 8.21. The molecule has 1 atom stereocenters. The maximum Gasteiger partial charge on any atom is 0.314 e. The van der Waals surface area contributed by atoms with Crippen molar-refractivity contribution >= 4 is 5.97 Å². The minimum absolute atomic E-state index is 0.0590. The van der Waals surface area contributed by atoms with Gasteiger partial charge in [0.15, 0.2) is 0 Å². The van der Waals surface area contributed by atoms with E-state index in [4.69, 9.17) is 9.47 Å². The third kappa shape index (κ3) is 3.21. The molecule has 1 aliphatic carbocycles. The molecule has 1 unspecified atom stereocenters. The fraction of sp³-hybridized carbons (Fsp3) is 0.929. The SMILES string of the molecule is CCOC(=O)C(CC)(COC)C1CCCCC1. The highest BCUT2D eigenvalue weighted by atomic mass is 16.5. The summed E-state index contributed by atoms with van der Waals surface area (Å²) < 4.78 is 10.6. The van der Waals surface area contributed by atoms with Crippen LogP contribution in [0.4, 0.5) is 0 Å². The van der Waals surface area contributed by atoms with Crippen LogP contribution in [0.3, 0.4) is 0 Å². The van der Waals surface area contributed by atoms with E-state index in [1.807, 2.05) is 6.92 Å². The Morgan fingerprint density at radius 1 is 1.24 bits per heavy atom. The average Bonchev–Trinajstić information content (AvgIpc) is 2.37. The van der Waals surface area contributed by atoms with E-state index in [2.05, 4.69) is 6.92 Å². The third-order valence-electron chi connectivity index (χ3n) is 4.10. The number of hydrogen-bond acceptors (Lipinski definition) is 3. The van der Waals surface area contributed by atoms with Gasteiger partial charge in [-0.05, 0) is 32.1 Å². The summed E-state index contributed by atoms with van der Waals surface area (Å²) in [6.45, 7) is 4.89. The Bertz CT molecular complexity index is 234. The second kappa shape index (κ2) is 7.00. The fourth-order valence-electron chi connectivity index (χ4n) is 3.07. The van der Waals surface area contributed by atoms with Gasteiger partial charge in [-0.3, -0.25) is 4.79 Å².